The summed E-state index contributed by atoms with van der Waals surface area (Å²) in [6, 6.07) is 14.2. The molecule has 0 radical (unpaired) electrons. The molecular weight excluding hydrogens is 298 g/mol. The zero-order valence-electron chi connectivity index (χ0n) is 14.1. The second-order valence-corrected chi connectivity index (χ2v) is 6.24. The summed E-state index contributed by atoms with van der Waals surface area (Å²) in [6.07, 6.45) is 3.41. The number of fused-ring (bicyclic) bond motifs is 1. The highest BCUT2D eigenvalue weighted by Crippen LogP contribution is 2.25. The highest BCUT2D eigenvalue weighted by Gasteiger charge is 2.25. The minimum atomic E-state index is 0.0221. The Labute approximate surface area is 142 Å². The van der Waals surface area contributed by atoms with Crippen molar-refractivity contribution in [3.63, 3.8) is 0 Å². The molecule has 1 aliphatic rings. The Morgan fingerprint density at radius 1 is 1.12 bits per heavy atom. The third-order valence-electron chi connectivity index (χ3n) is 4.44. The quantitative estimate of drug-likeness (QED) is 0.649. The molecule has 1 saturated carbocycles. The number of aliphatic imine (C=N–C) groups is 1. The van der Waals surface area contributed by atoms with Crippen LogP contribution >= 0.6 is 0 Å². The van der Waals surface area contributed by atoms with Gasteiger partial charge in [-0.25, -0.2) is 0 Å². The number of carbonyl (C=O) groups is 1. The van der Waals surface area contributed by atoms with Gasteiger partial charge >= 0.3 is 0 Å². The van der Waals surface area contributed by atoms with E-state index in [-0.39, 0.29) is 11.5 Å². The number of carbonyl (C=O) groups excluding carboxylic acids is 1. The maximum Gasteiger partial charge on any atom is 0.168 e. The molecule has 0 bridgehead atoms. The lowest BCUT2D eigenvalue weighted by Gasteiger charge is -2.18. The molecule has 3 heteroatoms. The first-order valence-electron chi connectivity index (χ1n) is 8.66. The van der Waals surface area contributed by atoms with E-state index in [9.17, 15) is 9.90 Å². The number of Topliss-reactive ketones (excluding diaryl/α,β-unsaturated/α-hetero) is 1. The number of hydrogen-bond donors (Lipinski definition) is 1. The van der Waals surface area contributed by atoms with Crippen molar-refractivity contribution in [3.05, 3.63) is 59.4 Å². The van der Waals surface area contributed by atoms with Gasteiger partial charge in [0.15, 0.2) is 5.78 Å². The van der Waals surface area contributed by atoms with Crippen molar-refractivity contribution in [2.45, 2.75) is 39.0 Å². The minimum absolute atomic E-state index is 0.0221. The highest BCUT2D eigenvalue weighted by molar-refractivity contribution is 6.24. The molecule has 0 saturated heterocycles. The number of benzene rings is 2. The molecule has 2 aromatic rings. The van der Waals surface area contributed by atoms with Gasteiger partial charge < -0.3 is 5.11 Å². The molecule has 2 aromatic carbocycles. The summed E-state index contributed by atoms with van der Waals surface area (Å²) in [7, 11) is 0. The summed E-state index contributed by atoms with van der Waals surface area (Å²) >= 11 is 0. The van der Waals surface area contributed by atoms with Gasteiger partial charge in [0, 0.05) is 25.1 Å². The van der Waals surface area contributed by atoms with Gasteiger partial charge in [0.2, 0.25) is 0 Å². The van der Waals surface area contributed by atoms with E-state index in [1.54, 1.807) is 0 Å². The van der Waals surface area contributed by atoms with Gasteiger partial charge in [-0.2, -0.15) is 0 Å². The van der Waals surface area contributed by atoms with Crippen molar-refractivity contribution in [1.29, 1.82) is 0 Å². The van der Waals surface area contributed by atoms with Crippen LogP contribution in [-0.2, 0) is 11.2 Å². The number of allylic oxidation sites excluding steroid dienone is 2. The number of nitrogens with zero attached hydrogens (tertiary/aromatic N) is 1. The second-order valence-electron chi connectivity index (χ2n) is 6.24. The number of rotatable bonds is 4. The molecule has 0 aliphatic heterocycles. The zero-order valence-corrected chi connectivity index (χ0v) is 14.1. The van der Waals surface area contributed by atoms with Crippen LogP contribution in [0.2, 0.25) is 0 Å². The topological polar surface area (TPSA) is 49.7 Å². The van der Waals surface area contributed by atoms with Crippen LogP contribution in [0.25, 0.3) is 10.8 Å². The van der Waals surface area contributed by atoms with E-state index >= 15 is 0 Å². The van der Waals surface area contributed by atoms with E-state index in [1.807, 2.05) is 24.3 Å². The SMILES string of the molecule is CCCN=C1CCCC(=O)C1=C(O)Cc1cccc2ccccc12. The van der Waals surface area contributed by atoms with Crippen LogP contribution in [0.5, 0.6) is 0 Å². The smallest absolute Gasteiger partial charge is 0.168 e. The maximum absolute atomic E-state index is 12.4. The Bertz CT molecular complexity index is 812. The molecule has 0 heterocycles. The highest BCUT2D eigenvalue weighted by atomic mass is 16.3. The monoisotopic (exact) mass is 321 g/mol. The molecule has 0 aromatic heterocycles. The van der Waals surface area contributed by atoms with Crippen LogP contribution < -0.4 is 0 Å². The van der Waals surface area contributed by atoms with Gasteiger partial charge in [-0.15, -0.1) is 0 Å². The Morgan fingerprint density at radius 3 is 2.75 bits per heavy atom. The zero-order chi connectivity index (χ0) is 16.9. The third kappa shape index (κ3) is 3.40. The molecule has 0 atom stereocenters. The lowest BCUT2D eigenvalue weighted by molar-refractivity contribution is -0.115. The summed E-state index contributed by atoms with van der Waals surface area (Å²) in [5.41, 5.74) is 2.28. The molecule has 1 aliphatic carbocycles. The number of aliphatic hydroxyl groups is 1. The normalized spacial score (nSPS) is 19.0. The molecule has 0 spiro atoms. The summed E-state index contributed by atoms with van der Waals surface area (Å²) in [6.45, 7) is 2.77. The lowest BCUT2D eigenvalue weighted by Crippen LogP contribution is -2.22. The van der Waals surface area contributed by atoms with Crippen LogP contribution in [0, 0.1) is 0 Å². The first kappa shape index (κ1) is 16.4. The van der Waals surface area contributed by atoms with E-state index < -0.39 is 0 Å². The van der Waals surface area contributed by atoms with Crippen LogP contribution in [0.1, 0.15) is 38.2 Å². The summed E-state index contributed by atoms with van der Waals surface area (Å²) < 4.78 is 0. The van der Waals surface area contributed by atoms with Crippen molar-refractivity contribution in [2.24, 2.45) is 4.99 Å². The fourth-order valence-electron chi connectivity index (χ4n) is 3.28. The average molecular weight is 321 g/mol. The van der Waals surface area contributed by atoms with Gasteiger partial charge in [-0.3, -0.25) is 9.79 Å². The predicted octanol–water partition coefficient (Wildman–Crippen LogP) is 4.80. The molecule has 3 nitrogen and oxygen atoms in total. The fourth-order valence-corrected chi connectivity index (χ4v) is 3.28. The van der Waals surface area contributed by atoms with Gasteiger partial charge in [-0.1, -0.05) is 49.4 Å². The van der Waals surface area contributed by atoms with E-state index in [1.165, 1.54) is 0 Å². The molecule has 124 valence electrons. The summed E-state index contributed by atoms with van der Waals surface area (Å²) in [5.74, 6) is 0.180. The molecule has 0 unspecified atom stereocenters. The molecule has 24 heavy (non-hydrogen) atoms. The number of aliphatic hydroxyl groups excluding tert-OH is 1. The third-order valence-corrected chi connectivity index (χ3v) is 4.44. The molecular formula is C21H23NO2. The van der Waals surface area contributed by atoms with Crippen LogP contribution in [-0.4, -0.2) is 23.1 Å². The van der Waals surface area contributed by atoms with Gasteiger partial charge in [0.1, 0.15) is 5.76 Å². The fraction of sp³-hybridized carbons (Fsp3) is 0.333. The molecule has 3 rings (SSSR count). The van der Waals surface area contributed by atoms with E-state index in [4.69, 9.17) is 0 Å². The predicted molar refractivity (Wildman–Crippen MR) is 98.8 cm³/mol. The van der Waals surface area contributed by atoms with Gasteiger partial charge in [-0.05, 0) is 35.6 Å². The summed E-state index contributed by atoms with van der Waals surface area (Å²) in [5, 5.41) is 13.0. The number of ketones is 1. The average Bonchev–Trinajstić information content (AvgIpc) is 2.60. The standard InChI is InChI=1S/C21H23NO2/c1-2-13-22-18-11-6-12-19(23)21(18)20(24)14-16-9-5-8-15-7-3-4-10-17(15)16/h3-5,7-10,24H,2,6,11-14H2,1H3. The Morgan fingerprint density at radius 2 is 1.92 bits per heavy atom. The second kappa shape index (κ2) is 7.43. The maximum atomic E-state index is 12.4. The number of hydrogen-bond acceptors (Lipinski definition) is 3. The van der Waals surface area contributed by atoms with Crippen LogP contribution in [0.3, 0.4) is 0 Å². The van der Waals surface area contributed by atoms with Gasteiger partial charge in [0.25, 0.3) is 0 Å². The molecule has 1 fully saturated rings. The van der Waals surface area contributed by atoms with E-state index in [2.05, 4.69) is 30.1 Å². The molecule has 1 N–H and O–H groups in total. The molecule has 0 amide bonds. The first-order chi connectivity index (χ1) is 11.7. The van der Waals surface area contributed by atoms with E-state index in [0.29, 0.717) is 25.0 Å². The lowest BCUT2D eigenvalue weighted by atomic mass is 9.88. The Hall–Kier alpha value is -2.42. The van der Waals surface area contributed by atoms with Crippen LogP contribution in [0.15, 0.2) is 58.8 Å². The summed E-state index contributed by atoms with van der Waals surface area (Å²) in [4.78, 5) is 16.9. The van der Waals surface area contributed by atoms with Crippen molar-refractivity contribution in [3.8, 4) is 0 Å². The van der Waals surface area contributed by atoms with Crippen molar-refractivity contribution >= 4 is 22.3 Å². The van der Waals surface area contributed by atoms with Crippen molar-refractivity contribution < 1.29 is 9.90 Å². The van der Waals surface area contributed by atoms with E-state index in [0.717, 1.165) is 41.3 Å². The Kier molecular flexibility index (Phi) is 5.09. The van der Waals surface area contributed by atoms with Crippen molar-refractivity contribution in [2.75, 3.05) is 6.54 Å². The first-order valence-corrected chi connectivity index (χ1v) is 8.66. The van der Waals surface area contributed by atoms with Crippen LogP contribution in [0.4, 0.5) is 0 Å². The van der Waals surface area contributed by atoms with Crippen molar-refractivity contribution in [1.82, 2.24) is 0 Å². The van der Waals surface area contributed by atoms with Gasteiger partial charge in [0.05, 0.1) is 5.57 Å². The largest absolute Gasteiger partial charge is 0.511 e. The Balaban J connectivity index is 1.99. The minimum Gasteiger partial charge on any atom is -0.511 e.